The minimum Gasteiger partial charge on any atom is -0.387 e. The predicted octanol–water partition coefficient (Wildman–Crippen LogP) is 1.26. The first kappa shape index (κ1) is 18.4. The van der Waals surface area contributed by atoms with Crippen LogP contribution in [0.2, 0.25) is 0 Å². The highest BCUT2D eigenvalue weighted by atomic mass is 16.3. The summed E-state index contributed by atoms with van der Waals surface area (Å²) in [7, 11) is 0. The number of hydrogen-bond acceptors (Lipinski definition) is 4. The van der Waals surface area contributed by atoms with Crippen molar-refractivity contribution >= 4 is 11.8 Å². The molecular formula is C21H29N3O3. The molecule has 2 saturated heterocycles. The number of carbonyl (C=O) groups is 2. The lowest BCUT2D eigenvalue weighted by Gasteiger charge is -2.51. The molecule has 1 spiro atoms. The number of benzene rings is 1. The van der Waals surface area contributed by atoms with Gasteiger partial charge in [-0.2, -0.15) is 0 Å². The minimum atomic E-state index is -0.823. The second kappa shape index (κ2) is 7.24. The van der Waals surface area contributed by atoms with Gasteiger partial charge in [0.25, 0.3) is 5.91 Å². The number of rotatable bonds is 3. The van der Waals surface area contributed by atoms with Crippen molar-refractivity contribution in [1.82, 2.24) is 15.1 Å². The van der Waals surface area contributed by atoms with E-state index in [4.69, 9.17) is 0 Å². The number of carbonyl (C=O) groups excluding carboxylic acids is 2. The Labute approximate surface area is 160 Å². The van der Waals surface area contributed by atoms with E-state index in [2.05, 4.69) is 5.32 Å². The molecule has 146 valence electrons. The number of piperidine rings is 1. The van der Waals surface area contributed by atoms with Gasteiger partial charge in [-0.15, -0.1) is 0 Å². The molecule has 1 saturated carbocycles. The van der Waals surface area contributed by atoms with Gasteiger partial charge in [-0.05, 0) is 37.9 Å². The molecule has 1 aromatic carbocycles. The van der Waals surface area contributed by atoms with E-state index in [0.29, 0.717) is 31.6 Å². The summed E-state index contributed by atoms with van der Waals surface area (Å²) in [4.78, 5) is 28.8. The van der Waals surface area contributed by atoms with E-state index in [0.717, 1.165) is 38.8 Å². The lowest BCUT2D eigenvalue weighted by molar-refractivity contribution is -0.151. The number of hydrogen-bond donors (Lipinski definition) is 2. The molecule has 2 amide bonds. The lowest BCUT2D eigenvalue weighted by atomic mass is 9.66. The van der Waals surface area contributed by atoms with Crippen molar-refractivity contribution in [3.63, 3.8) is 0 Å². The molecule has 1 atom stereocenters. The zero-order valence-electron chi connectivity index (χ0n) is 15.8. The van der Waals surface area contributed by atoms with Crippen LogP contribution >= 0.6 is 0 Å². The van der Waals surface area contributed by atoms with E-state index in [9.17, 15) is 14.7 Å². The van der Waals surface area contributed by atoms with Crippen LogP contribution in [0.15, 0.2) is 30.3 Å². The Morgan fingerprint density at radius 3 is 2.56 bits per heavy atom. The molecule has 2 N–H and O–H groups in total. The van der Waals surface area contributed by atoms with Crippen LogP contribution in [0.4, 0.5) is 0 Å². The zero-order chi connectivity index (χ0) is 18.9. The van der Waals surface area contributed by atoms with Gasteiger partial charge < -0.3 is 20.2 Å². The third kappa shape index (κ3) is 3.36. The quantitative estimate of drug-likeness (QED) is 0.839. The second-order valence-corrected chi connectivity index (χ2v) is 8.35. The molecule has 0 aromatic heterocycles. The number of nitrogens with one attached hydrogen (secondary N) is 1. The van der Waals surface area contributed by atoms with E-state index in [1.165, 1.54) is 0 Å². The van der Waals surface area contributed by atoms with Gasteiger partial charge in [0, 0.05) is 30.6 Å². The van der Waals surface area contributed by atoms with Crippen molar-refractivity contribution in [2.24, 2.45) is 5.41 Å². The Balaban J connectivity index is 1.43. The van der Waals surface area contributed by atoms with Crippen molar-refractivity contribution in [2.75, 3.05) is 39.3 Å². The average molecular weight is 371 g/mol. The number of β-amino-alcohol motifs (C(OH)–C–C–N with tert-alkyl or cyclic N) is 1. The van der Waals surface area contributed by atoms with Gasteiger partial charge in [0.05, 0.1) is 12.1 Å². The molecular weight excluding hydrogens is 342 g/mol. The topological polar surface area (TPSA) is 72.9 Å². The van der Waals surface area contributed by atoms with Gasteiger partial charge in [-0.25, -0.2) is 0 Å². The summed E-state index contributed by atoms with van der Waals surface area (Å²) in [5.41, 5.74) is -0.320. The summed E-state index contributed by atoms with van der Waals surface area (Å²) in [6.45, 7) is 3.11. The maximum Gasteiger partial charge on any atom is 0.254 e. The van der Waals surface area contributed by atoms with E-state index in [-0.39, 0.29) is 23.8 Å². The molecule has 6 nitrogen and oxygen atoms in total. The summed E-state index contributed by atoms with van der Waals surface area (Å²) in [6, 6.07) is 9.10. The van der Waals surface area contributed by atoms with Crippen molar-refractivity contribution in [1.29, 1.82) is 0 Å². The number of amides is 2. The van der Waals surface area contributed by atoms with Gasteiger partial charge in [0.2, 0.25) is 5.91 Å². The van der Waals surface area contributed by atoms with Gasteiger partial charge in [0.15, 0.2) is 0 Å². The molecule has 2 heterocycles. The van der Waals surface area contributed by atoms with E-state index in [1.54, 1.807) is 21.9 Å². The molecule has 0 radical (unpaired) electrons. The van der Waals surface area contributed by atoms with Crippen LogP contribution in [-0.4, -0.2) is 71.6 Å². The first-order valence-corrected chi connectivity index (χ1v) is 10.1. The highest BCUT2D eigenvalue weighted by Crippen LogP contribution is 2.49. The number of aliphatic hydroxyl groups is 1. The predicted molar refractivity (Wildman–Crippen MR) is 102 cm³/mol. The highest BCUT2D eigenvalue weighted by Gasteiger charge is 2.54. The first-order chi connectivity index (χ1) is 13.0. The first-order valence-electron chi connectivity index (χ1n) is 10.1. The molecule has 3 aliphatic rings. The minimum absolute atomic E-state index is 0.0642. The van der Waals surface area contributed by atoms with Crippen molar-refractivity contribution in [3.05, 3.63) is 35.9 Å². The lowest BCUT2D eigenvalue weighted by Crippen LogP contribution is -2.65. The Bertz CT molecular complexity index is 702. The van der Waals surface area contributed by atoms with Crippen molar-refractivity contribution in [2.45, 2.75) is 37.7 Å². The van der Waals surface area contributed by atoms with Crippen LogP contribution in [0.25, 0.3) is 0 Å². The van der Waals surface area contributed by atoms with Gasteiger partial charge in [-0.3, -0.25) is 9.59 Å². The monoisotopic (exact) mass is 371 g/mol. The fourth-order valence-electron chi connectivity index (χ4n) is 5.12. The van der Waals surface area contributed by atoms with Crippen LogP contribution in [0.1, 0.15) is 42.5 Å². The highest BCUT2D eigenvalue weighted by molar-refractivity contribution is 5.97. The molecule has 27 heavy (non-hydrogen) atoms. The van der Waals surface area contributed by atoms with E-state index >= 15 is 0 Å². The fourth-order valence-corrected chi connectivity index (χ4v) is 5.12. The Morgan fingerprint density at radius 1 is 1.11 bits per heavy atom. The van der Waals surface area contributed by atoms with E-state index < -0.39 is 5.60 Å². The smallest absolute Gasteiger partial charge is 0.254 e. The maximum absolute atomic E-state index is 12.8. The van der Waals surface area contributed by atoms with Crippen LogP contribution < -0.4 is 5.32 Å². The SMILES string of the molecule is O=C1CN(C(=O)c2ccccc2)CCN1CC1(O)CCNCC12CCCC2. The molecule has 6 heteroatoms. The Morgan fingerprint density at radius 2 is 1.85 bits per heavy atom. The van der Waals surface area contributed by atoms with Crippen molar-refractivity contribution < 1.29 is 14.7 Å². The molecule has 1 unspecified atom stereocenters. The largest absolute Gasteiger partial charge is 0.387 e. The van der Waals surface area contributed by atoms with Gasteiger partial charge in [-0.1, -0.05) is 31.0 Å². The molecule has 3 fully saturated rings. The van der Waals surface area contributed by atoms with Gasteiger partial charge >= 0.3 is 0 Å². The molecule has 1 aromatic rings. The van der Waals surface area contributed by atoms with Crippen LogP contribution in [0, 0.1) is 5.41 Å². The van der Waals surface area contributed by atoms with Crippen LogP contribution in [-0.2, 0) is 4.79 Å². The summed E-state index contributed by atoms with van der Waals surface area (Å²) in [5, 5.41) is 15.0. The Kier molecular flexibility index (Phi) is 4.95. The average Bonchev–Trinajstić information content (AvgIpc) is 3.16. The van der Waals surface area contributed by atoms with E-state index in [1.807, 2.05) is 18.2 Å². The third-order valence-corrected chi connectivity index (χ3v) is 6.81. The second-order valence-electron chi connectivity index (χ2n) is 8.35. The maximum atomic E-state index is 12.8. The van der Waals surface area contributed by atoms with Crippen LogP contribution in [0.3, 0.4) is 0 Å². The normalized spacial score (nSPS) is 28.0. The Hall–Kier alpha value is -1.92. The molecule has 0 bridgehead atoms. The number of nitrogens with zero attached hydrogens (tertiary/aromatic N) is 2. The molecule has 1 aliphatic carbocycles. The fraction of sp³-hybridized carbons (Fsp3) is 0.619. The molecule has 4 rings (SSSR count). The molecule has 2 aliphatic heterocycles. The summed E-state index contributed by atoms with van der Waals surface area (Å²) in [6.07, 6.45) is 5.03. The standard InChI is InChI=1S/C21H29N3O3/c25-18-14-23(19(26)17-6-2-1-3-7-17)12-13-24(18)16-21(27)10-11-22-15-20(21)8-4-5-9-20/h1-3,6-7,22,27H,4-5,8-16H2. The van der Waals surface area contributed by atoms with Crippen molar-refractivity contribution in [3.8, 4) is 0 Å². The summed E-state index contributed by atoms with van der Waals surface area (Å²) < 4.78 is 0. The van der Waals surface area contributed by atoms with Crippen LogP contribution in [0.5, 0.6) is 0 Å². The third-order valence-electron chi connectivity index (χ3n) is 6.81. The summed E-state index contributed by atoms with van der Waals surface area (Å²) >= 11 is 0. The van der Waals surface area contributed by atoms with Gasteiger partial charge in [0.1, 0.15) is 6.54 Å². The zero-order valence-corrected chi connectivity index (χ0v) is 15.8. The summed E-state index contributed by atoms with van der Waals surface area (Å²) in [5.74, 6) is -0.165. The number of piperazine rings is 1.